The maximum atomic E-state index is 6.08. The summed E-state index contributed by atoms with van der Waals surface area (Å²) in [5, 5.41) is 14.2. The van der Waals surface area contributed by atoms with E-state index in [1.54, 1.807) is 0 Å². The van der Waals surface area contributed by atoms with E-state index in [1.165, 1.54) is 0 Å². The van der Waals surface area contributed by atoms with Crippen LogP contribution in [0.4, 0.5) is 17.7 Å². The minimum Gasteiger partial charge on any atom is -0.379 e. The second kappa shape index (κ2) is 11.0. The standard InChI is InChI=1S/C22H27ClN8O/c1-16-14-20(30-29-16)27-22-26-19(7-6-17-4-2-5-18(23)15-17)25-21(28-22)24-8-3-9-31-10-12-32-13-11-31/h2,4-7,14-15H,3,8-13H2,1H3,(H3,24,25,26,27,28,29,30)/b7-6+. The van der Waals surface area contributed by atoms with Crippen LogP contribution in [-0.4, -0.2) is 69.4 Å². The van der Waals surface area contributed by atoms with Crippen LogP contribution in [0.3, 0.4) is 0 Å². The van der Waals surface area contributed by atoms with E-state index < -0.39 is 0 Å². The molecule has 32 heavy (non-hydrogen) atoms. The molecule has 1 aliphatic heterocycles. The molecule has 0 unspecified atom stereocenters. The molecule has 3 N–H and O–H groups in total. The maximum Gasteiger partial charge on any atom is 0.233 e. The minimum absolute atomic E-state index is 0.424. The third kappa shape index (κ3) is 6.74. The molecule has 3 heterocycles. The molecule has 1 aliphatic rings. The number of aryl methyl sites for hydroxylation is 1. The molecule has 0 radical (unpaired) electrons. The van der Waals surface area contributed by atoms with Crippen molar-refractivity contribution in [3.8, 4) is 0 Å². The fraction of sp³-hybridized carbons (Fsp3) is 0.364. The summed E-state index contributed by atoms with van der Waals surface area (Å²) in [5.74, 6) is 2.12. The molecule has 1 fully saturated rings. The largest absolute Gasteiger partial charge is 0.379 e. The van der Waals surface area contributed by atoms with Crippen molar-refractivity contribution >= 4 is 41.5 Å². The molecule has 0 aliphatic carbocycles. The number of H-pyrrole nitrogens is 1. The summed E-state index contributed by atoms with van der Waals surface area (Å²) < 4.78 is 5.40. The molecule has 0 amide bonds. The highest BCUT2D eigenvalue weighted by atomic mass is 35.5. The number of hydrogen-bond donors (Lipinski definition) is 3. The molecule has 3 aromatic rings. The highest BCUT2D eigenvalue weighted by Crippen LogP contribution is 2.16. The Morgan fingerprint density at radius 3 is 2.75 bits per heavy atom. The van der Waals surface area contributed by atoms with E-state index in [0.717, 1.165) is 57.1 Å². The summed E-state index contributed by atoms with van der Waals surface area (Å²) in [6, 6.07) is 9.49. The monoisotopic (exact) mass is 454 g/mol. The fourth-order valence-corrected chi connectivity index (χ4v) is 3.51. The van der Waals surface area contributed by atoms with Gasteiger partial charge in [-0.2, -0.15) is 20.1 Å². The average molecular weight is 455 g/mol. The molecule has 168 valence electrons. The molecule has 10 heteroatoms. The lowest BCUT2D eigenvalue weighted by Crippen LogP contribution is -2.37. The Kier molecular flexibility index (Phi) is 7.65. The number of benzene rings is 1. The highest BCUT2D eigenvalue weighted by Gasteiger charge is 2.10. The van der Waals surface area contributed by atoms with Crippen LogP contribution in [-0.2, 0) is 4.74 Å². The number of anilines is 3. The third-order valence-corrected chi connectivity index (χ3v) is 5.15. The van der Waals surface area contributed by atoms with Crippen molar-refractivity contribution in [1.29, 1.82) is 0 Å². The molecule has 0 saturated carbocycles. The first kappa shape index (κ1) is 22.2. The van der Waals surface area contributed by atoms with E-state index in [4.69, 9.17) is 16.3 Å². The van der Waals surface area contributed by atoms with E-state index in [9.17, 15) is 0 Å². The summed E-state index contributed by atoms with van der Waals surface area (Å²) in [6.45, 7) is 7.31. The molecule has 1 aromatic carbocycles. The van der Waals surface area contributed by atoms with Gasteiger partial charge in [0.25, 0.3) is 0 Å². The van der Waals surface area contributed by atoms with Crippen molar-refractivity contribution in [3.63, 3.8) is 0 Å². The zero-order valence-corrected chi connectivity index (χ0v) is 18.8. The molecule has 0 atom stereocenters. The van der Waals surface area contributed by atoms with Crippen LogP contribution in [0.15, 0.2) is 30.3 Å². The van der Waals surface area contributed by atoms with Gasteiger partial charge in [-0.1, -0.05) is 29.8 Å². The van der Waals surface area contributed by atoms with Crippen LogP contribution in [0.5, 0.6) is 0 Å². The van der Waals surface area contributed by atoms with Crippen LogP contribution in [0.1, 0.15) is 23.5 Å². The summed E-state index contributed by atoms with van der Waals surface area (Å²) in [4.78, 5) is 16.0. The molecular formula is C22H27ClN8O. The lowest BCUT2D eigenvalue weighted by molar-refractivity contribution is 0.0378. The van der Waals surface area contributed by atoms with Gasteiger partial charge >= 0.3 is 0 Å². The maximum absolute atomic E-state index is 6.08. The quantitative estimate of drug-likeness (QED) is 0.421. The second-order valence-electron chi connectivity index (χ2n) is 7.52. The second-order valence-corrected chi connectivity index (χ2v) is 7.96. The van der Waals surface area contributed by atoms with Crippen LogP contribution in [0.25, 0.3) is 12.2 Å². The van der Waals surface area contributed by atoms with Crippen molar-refractivity contribution in [2.75, 3.05) is 50.0 Å². The summed E-state index contributed by atoms with van der Waals surface area (Å²) >= 11 is 6.08. The van der Waals surface area contributed by atoms with E-state index in [-0.39, 0.29) is 0 Å². The van der Waals surface area contributed by atoms with Gasteiger partial charge in [0.05, 0.1) is 13.2 Å². The van der Waals surface area contributed by atoms with E-state index in [1.807, 2.05) is 49.4 Å². The number of nitrogens with zero attached hydrogens (tertiary/aromatic N) is 5. The summed E-state index contributed by atoms with van der Waals surface area (Å²) in [5.41, 5.74) is 1.92. The molecule has 0 spiro atoms. The predicted octanol–water partition coefficient (Wildman–Crippen LogP) is 3.60. The Labute approximate surface area is 192 Å². The molecule has 9 nitrogen and oxygen atoms in total. The number of hydrogen-bond acceptors (Lipinski definition) is 8. The Morgan fingerprint density at radius 1 is 1.12 bits per heavy atom. The van der Waals surface area contributed by atoms with Gasteiger partial charge < -0.3 is 15.4 Å². The van der Waals surface area contributed by atoms with Gasteiger partial charge in [-0.15, -0.1) is 0 Å². The number of ether oxygens (including phenoxy) is 1. The first-order valence-electron chi connectivity index (χ1n) is 10.7. The predicted molar refractivity (Wildman–Crippen MR) is 127 cm³/mol. The average Bonchev–Trinajstić information content (AvgIpc) is 3.20. The van der Waals surface area contributed by atoms with Gasteiger partial charge in [-0.25, -0.2) is 0 Å². The van der Waals surface area contributed by atoms with Gasteiger partial charge in [0.2, 0.25) is 11.9 Å². The number of aromatic nitrogens is 5. The number of rotatable bonds is 9. The van der Waals surface area contributed by atoms with E-state index >= 15 is 0 Å². The van der Waals surface area contributed by atoms with Crippen molar-refractivity contribution in [2.24, 2.45) is 0 Å². The zero-order chi connectivity index (χ0) is 22.2. The smallest absolute Gasteiger partial charge is 0.233 e. The molecule has 0 bridgehead atoms. The molecule has 1 saturated heterocycles. The lowest BCUT2D eigenvalue weighted by atomic mass is 10.2. The molecule has 2 aromatic heterocycles. The van der Waals surface area contributed by atoms with Crippen molar-refractivity contribution in [2.45, 2.75) is 13.3 Å². The normalized spacial score (nSPS) is 14.7. The first-order chi connectivity index (χ1) is 15.6. The zero-order valence-electron chi connectivity index (χ0n) is 18.0. The molecule has 4 rings (SSSR count). The summed E-state index contributed by atoms with van der Waals surface area (Å²) in [6.07, 6.45) is 4.75. The van der Waals surface area contributed by atoms with Crippen LogP contribution in [0, 0.1) is 6.92 Å². The Hall–Kier alpha value is -3.01. The van der Waals surface area contributed by atoms with Crippen LogP contribution >= 0.6 is 11.6 Å². The van der Waals surface area contributed by atoms with Crippen molar-refractivity contribution in [1.82, 2.24) is 30.0 Å². The highest BCUT2D eigenvalue weighted by molar-refractivity contribution is 6.30. The first-order valence-corrected chi connectivity index (χ1v) is 11.0. The molecular weight excluding hydrogens is 428 g/mol. The van der Waals surface area contributed by atoms with E-state index in [2.05, 4.69) is 40.7 Å². The topological polar surface area (TPSA) is 104 Å². The van der Waals surface area contributed by atoms with E-state index in [0.29, 0.717) is 28.6 Å². The Bertz CT molecular complexity index is 1050. The van der Waals surface area contributed by atoms with Gasteiger partial charge in [-0.05, 0) is 43.7 Å². The Morgan fingerprint density at radius 2 is 1.97 bits per heavy atom. The van der Waals surface area contributed by atoms with Gasteiger partial charge in [0, 0.05) is 36.4 Å². The summed E-state index contributed by atoms with van der Waals surface area (Å²) in [7, 11) is 0. The van der Waals surface area contributed by atoms with Crippen molar-refractivity contribution in [3.05, 3.63) is 52.4 Å². The van der Waals surface area contributed by atoms with Crippen LogP contribution in [0.2, 0.25) is 5.02 Å². The number of aromatic amines is 1. The van der Waals surface area contributed by atoms with Crippen molar-refractivity contribution < 1.29 is 4.74 Å². The van der Waals surface area contributed by atoms with Gasteiger partial charge in [0.15, 0.2) is 11.6 Å². The van der Waals surface area contributed by atoms with Crippen LogP contribution < -0.4 is 10.6 Å². The van der Waals surface area contributed by atoms with Gasteiger partial charge in [0.1, 0.15) is 0 Å². The number of nitrogens with one attached hydrogen (secondary N) is 3. The van der Waals surface area contributed by atoms with Gasteiger partial charge in [-0.3, -0.25) is 10.00 Å². The third-order valence-electron chi connectivity index (χ3n) is 4.91. The Balaban J connectivity index is 1.44. The lowest BCUT2D eigenvalue weighted by Gasteiger charge is -2.26. The number of morpholine rings is 1. The SMILES string of the molecule is Cc1cc(Nc2nc(/C=C/c3cccc(Cl)c3)nc(NCCCN3CCOCC3)n2)n[nH]1. The number of halogens is 1. The minimum atomic E-state index is 0.424. The fourth-order valence-electron chi connectivity index (χ4n) is 3.31.